The second-order valence-corrected chi connectivity index (χ2v) is 3.23. The van der Waals surface area contributed by atoms with Gasteiger partial charge in [-0.1, -0.05) is 0 Å². The van der Waals surface area contributed by atoms with Crippen LogP contribution in [0.15, 0.2) is 6.20 Å². The van der Waals surface area contributed by atoms with Gasteiger partial charge in [0.2, 0.25) is 0 Å². The molecule has 0 saturated heterocycles. The number of H-pyrrole nitrogens is 2. The van der Waals surface area contributed by atoms with Gasteiger partial charge in [0.15, 0.2) is 6.20 Å². The zero-order chi connectivity index (χ0) is 6.97. The molecule has 1 aromatic heterocycles. The van der Waals surface area contributed by atoms with E-state index in [0.717, 1.165) is 12.8 Å². The van der Waals surface area contributed by atoms with Crippen LogP contribution in [0, 0.1) is 0 Å². The van der Waals surface area contributed by atoms with Crippen LogP contribution in [0.25, 0.3) is 0 Å². The van der Waals surface area contributed by atoms with E-state index in [2.05, 4.69) is 10.2 Å². The Bertz CT molecular complexity index is 231. The van der Waals surface area contributed by atoms with Gasteiger partial charge in [-0.05, 0) is 19.3 Å². The quantitative estimate of drug-likeness (QED) is 0.553. The lowest BCUT2D eigenvalue weighted by Gasteiger charge is -2.12. The number of aryl methyl sites for hydroxylation is 1. The lowest BCUT2D eigenvalue weighted by Crippen LogP contribution is -2.03. The third-order valence-electron chi connectivity index (χ3n) is 2.02. The Kier molecular flexibility index (Phi) is 1.42. The highest BCUT2D eigenvalue weighted by molar-refractivity contribution is 6.20. The molecular weight excluding hydrogens is 148 g/mol. The number of aromatic amines is 2. The van der Waals surface area contributed by atoms with Gasteiger partial charge in [0.25, 0.3) is 0 Å². The third kappa shape index (κ3) is 0.833. The minimum atomic E-state index is 0.228. The van der Waals surface area contributed by atoms with Crippen molar-refractivity contribution in [1.29, 1.82) is 0 Å². The number of fused-ring (bicyclic) bond motifs is 1. The first kappa shape index (κ1) is 6.23. The fourth-order valence-electron chi connectivity index (χ4n) is 1.46. The highest BCUT2D eigenvalue weighted by Gasteiger charge is 2.21. The predicted octanol–water partition coefficient (Wildman–Crippen LogP) is 1.44. The summed E-state index contributed by atoms with van der Waals surface area (Å²) in [4.78, 5) is 0. The predicted molar refractivity (Wildman–Crippen MR) is 38.9 cm³/mol. The van der Waals surface area contributed by atoms with Crippen molar-refractivity contribution < 1.29 is 5.10 Å². The van der Waals surface area contributed by atoms with Crippen molar-refractivity contribution in [3.63, 3.8) is 0 Å². The average Bonchev–Trinajstić information content (AvgIpc) is 2.36. The first-order chi connectivity index (χ1) is 4.88. The van der Waals surface area contributed by atoms with Gasteiger partial charge in [0, 0.05) is 0 Å². The van der Waals surface area contributed by atoms with Crippen molar-refractivity contribution in [1.82, 2.24) is 5.10 Å². The van der Waals surface area contributed by atoms with E-state index in [0.29, 0.717) is 0 Å². The van der Waals surface area contributed by atoms with Crippen LogP contribution < -0.4 is 5.10 Å². The summed E-state index contributed by atoms with van der Waals surface area (Å²) in [7, 11) is 0. The highest BCUT2D eigenvalue weighted by atomic mass is 35.5. The van der Waals surface area contributed by atoms with E-state index in [1.807, 2.05) is 6.20 Å². The molecule has 2 N–H and O–H groups in total. The molecule has 0 spiro atoms. The summed E-state index contributed by atoms with van der Waals surface area (Å²) in [6, 6.07) is 0. The Morgan fingerprint density at radius 3 is 3.40 bits per heavy atom. The molecular formula is C7H10ClN2+. The van der Waals surface area contributed by atoms with Gasteiger partial charge < -0.3 is 0 Å². The smallest absolute Gasteiger partial charge is 0.172 e. The van der Waals surface area contributed by atoms with Crippen LogP contribution in [-0.4, -0.2) is 5.10 Å². The number of aromatic nitrogens is 2. The zero-order valence-electron chi connectivity index (χ0n) is 5.65. The number of halogens is 1. The lowest BCUT2D eigenvalue weighted by molar-refractivity contribution is -0.450. The van der Waals surface area contributed by atoms with E-state index >= 15 is 0 Å². The maximum atomic E-state index is 6.05. The van der Waals surface area contributed by atoms with Crippen molar-refractivity contribution in [2.45, 2.75) is 24.6 Å². The first-order valence-electron chi connectivity index (χ1n) is 3.60. The van der Waals surface area contributed by atoms with Crippen LogP contribution in [0.1, 0.15) is 29.5 Å². The largest absolute Gasteiger partial charge is 0.197 e. The second kappa shape index (κ2) is 2.27. The molecule has 1 aromatic rings. The maximum Gasteiger partial charge on any atom is 0.197 e. The Morgan fingerprint density at radius 2 is 2.60 bits per heavy atom. The van der Waals surface area contributed by atoms with E-state index in [-0.39, 0.29) is 5.38 Å². The van der Waals surface area contributed by atoms with E-state index < -0.39 is 0 Å². The average molecular weight is 158 g/mol. The van der Waals surface area contributed by atoms with Gasteiger partial charge in [-0.15, -0.1) is 16.7 Å². The van der Waals surface area contributed by atoms with Gasteiger partial charge >= 0.3 is 0 Å². The summed E-state index contributed by atoms with van der Waals surface area (Å²) in [5, 5.41) is 6.27. The van der Waals surface area contributed by atoms with Crippen molar-refractivity contribution in [2.75, 3.05) is 0 Å². The molecule has 1 unspecified atom stereocenters. The number of hydrogen-bond acceptors (Lipinski definition) is 0. The summed E-state index contributed by atoms with van der Waals surface area (Å²) in [5.41, 5.74) is 2.54. The van der Waals surface area contributed by atoms with Crippen LogP contribution in [0.2, 0.25) is 0 Å². The molecule has 0 amide bonds. The molecule has 2 nitrogen and oxygen atoms in total. The van der Waals surface area contributed by atoms with Crippen molar-refractivity contribution >= 4 is 11.6 Å². The first-order valence-corrected chi connectivity index (χ1v) is 4.03. The van der Waals surface area contributed by atoms with E-state index in [1.54, 1.807) is 0 Å². The number of hydrogen-bond donors (Lipinski definition) is 1. The standard InChI is InChI=1S/C7H9ClN2/c8-6-2-1-3-7-5(6)4-9-10-7/h4,6H,1-3H2,(H,9,10)/p+1. The van der Waals surface area contributed by atoms with Crippen LogP contribution in [-0.2, 0) is 6.42 Å². The second-order valence-electron chi connectivity index (χ2n) is 2.71. The van der Waals surface area contributed by atoms with Crippen LogP contribution in [0.5, 0.6) is 0 Å². The normalized spacial score (nSPS) is 24.3. The number of nitrogens with one attached hydrogen (secondary N) is 2. The molecule has 54 valence electrons. The molecule has 0 saturated carbocycles. The molecule has 1 heterocycles. The molecule has 0 bridgehead atoms. The third-order valence-corrected chi connectivity index (χ3v) is 2.47. The van der Waals surface area contributed by atoms with Crippen LogP contribution in [0.4, 0.5) is 0 Å². The van der Waals surface area contributed by atoms with Gasteiger partial charge in [-0.3, -0.25) is 0 Å². The van der Waals surface area contributed by atoms with Crippen LogP contribution in [0.3, 0.4) is 0 Å². The van der Waals surface area contributed by atoms with Gasteiger partial charge in [0.05, 0.1) is 16.6 Å². The minimum absolute atomic E-state index is 0.228. The van der Waals surface area contributed by atoms with E-state index in [4.69, 9.17) is 11.6 Å². The highest BCUT2D eigenvalue weighted by Crippen LogP contribution is 2.31. The van der Waals surface area contributed by atoms with Crippen molar-refractivity contribution in [2.24, 2.45) is 0 Å². The fraction of sp³-hybridized carbons (Fsp3) is 0.571. The number of alkyl halides is 1. The number of rotatable bonds is 0. The van der Waals surface area contributed by atoms with Crippen molar-refractivity contribution in [3.8, 4) is 0 Å². The summed E-state index contributed by atoms with van der Waals surface area (Å²) in [6.45, 7) is 0. The molecule has 2 rings (SSSR count). The monoisotopic (exact) mass is 157 g/mol. The summed E-state index contributed by atoms with van der Waals surface area (Å²) in [6.07, 6.45) is 5.42. The van der Waals surface area contributed by atoms with Crippen molar-refractivity contribution in [3.05, 3.63) is 17.5 Å². The Hall–Kier alpha value is -0.500. The molecule has 0 fully saturated rings. The maximum absolute atomic E-state index is 6.05. The van der Waals surface area contributed by atoms with Crippen LogP contribution >= 0.6 is 11.6 Å². The molecule has 0 aliphatic heterocycles. The molecule has 0 radical (unpaired) electrons. The van der Waals surface area contributed by atoms with E-state index in [9.17, 15) is 0 Å². The SMILES string of the molecule is ClC1CCCc2[nH][nH+]cc21. The molecule has 10 heavy (non-hydrogen) atoms. The topological polar surface area (TPSA) is 29.9 Å². The molecule has 1 aliphatic rings. The Morgan fingerprint density at radius 1 is 1.70 bits per heavy atom. The Balaban J connectivity index is 2.41. The van der Waals surface area contributed by atoms with E-state index in [1.165, 1.54) is 17.7 Å². The van der Waals surface area contributed by atoms with Gasteiger partial charge in [-0.2, -0.15) is 5.10 Å². The zero-order valence-corrected chi connectivity index (χ0v) is 6.41. The summed E-state index contributed by atoms with van der Waals surface area (Å²) in [5.74, 6) is 0. The molecule has 1 atom stereocenters. The summed E-state index contributed by atoms with van der Waals surface area (Å²) < 4.78 is 0. The Labute approximate surface area is 64.6 Å². The molecule has 1 aliphatic carbocycles. The van der Waals surface area contributed by atoms with Gasteiger partial charge in [-0.25, -0.2) is 0 Å². The molecule has 0 aromatic carbocycles. The lowest BCUT2D eigenvalue weighted by atomic mass is 9.98. The summed E-state index contributed by atoms with van der Waals surface area (Å²) >= 11 is 6.05. The molecule has 3 heteroatoms. The van der Waals surface area contributed by atoms with Gasteiger partial charge in [0.1, 0.15) is 0 Å². The minimum Gasteiger partial charge on any atom is -0.172 e. The fourth-order valence-corrected chi connectivity index (χ4v) is 1.81.